The number of hydrogen-bond donors (Lipinski definition) is 1. The summed E-state index contributed by atoms with van der Waals surface area (Å²) in [4.78, 5) is 31.7. The van der Waals surface area contributed by atoms with E-state index in [1.54, 1.807) is 6.92 Å². The minimum Gasteiger partial charge on any atom is -0.462 e. The third kappa shape index (κ3) is 4.52. The first-order chi connectivity index (χ1) is 15.0. The fraction of sp³-hybridized carbons (Fsp3) is 0.227. The summed E-state index contributed by atoms with van der Waals surface area (Å²) in [6.07, 6.45) is 0. The van der Waals surface area contributed by atoms with Crippen LogP contribution in [0.15, 0.2) is 41.6 Å². The molecule has 3 aromatic heterocycles. The van der Waals surface area contributed by atoms with Crippen LogP contribution in [0.2, 0.25) is 0 Å². The van der Waals surface area contributed by atoms with Gasteiger partial charge in [-0.3, -0.25) is 0 Å². The Morgan fingerprint density at radius 2 is 1.90 bits per heavy atom. The van der Waals surface area contributed by atoms with Gasteiger partial charge in [0.25, 0.3) is 0 Å². The Kier molecular flexibility index (Phi) is 6.15. The molecule has 0 radical (unpaired) electrons. The highest BCUT2D eigenvalue weighted by Crippen LogP contribution is 2.34. The summed E-state index contributed by atoms with van der Waals surface area (Å²) < 4.78 is 5.13. The lowest BCUT2D eigenvalue weighted by molar-refractivity contribution is 0.0531. The number of anilines is 1. The van der Waals surface area contributed by atoms with Gasteiger partial charge in [-0.05, 0) is 32.4 Å². The molecule has 0 aliphatic carbocycles. The summed E-state index contributed by atoms with van der Waals surface area (Å²) >= 11 is 2.73. The monoisotopic (exact) mass is 451 g/mol. The second-order valence-electron chi connectivity index (χ2n) is 6.81. The summed E-state index contributed by atoms with van der Waals surface area (Å²) in [6.45, 7) is 5.88. The smallest absolute Gasteiger partial charge is 0.348 e. The van der Waals surface area contributed by atoms with E-state index >= 15 is 0 Å². The Hall–Kier alpha value is -3.04. The third-order valence-corrected chi connectivity index (χ3v) is 6.57. The zero-order valence-corrected chi connectivity index (χ0v) is 19.0. The molecule has 0 bridgehead atoms. The van der Waals surface area contributed by atoms with Gasteiger partial charge in [0.15, 0.2) is 5.16 Å². The van der Waals surface area contributed by atoms with Crippen LogP contribution in [0.5, 0.6) is 0 Å². The summed E-state index contributed by atoms with van der Waals surface area (Å²) in [6, 6.07) is 12.0. The number of thioether (sulfide) groups is 1. The summed E-state index contributed by atoms with van der Waals surface area (Å²) in [5.41, 5.74) is 9.76. The summed E-state index contributed by atoms with van der Waals surface area (Å²) in [5.74, 6) is 1.03. The van der Waals surface area contributed by atoms with Gasteiger partial charge in [-0.15, -0.1) is 11.3 Å². The van der Waals surface area contributed by atoms with Crippen LogP contribution in [0.4, 0.5) is 5.82 Å². The lowest BCUT2D eigenvalue weighted by Crippen LogP contribution is -2.04. The van der Waals surface area contributed by atoms with Crippen molar-refractivity contribution in [3.8, 4) is 11.3 Å². The molecule has 4 rings (SSSR count). The van der Waals surface area contributed by atoms with Crippen molar-refractivity contribution in [1.82, 2.24) is 19.9 Å². The molecule has 2 N–H and O–H groups in total. The molecule has 158 valence electrons. The van der Waals surface area contributed by atoms with Gasteiger partial charge in [0.2, 0.25) is 0 Å². The minimum absolute atomic E-state index is 0.316. The van der Waals surface area contributed by atoms with Crippen molar-refractivity contribution in [2.24, 2.45) is 0 Å². The van der Waals surface area contributed by atoms with E-state index in [1.807, 2.05) is 50.2 Å². The Morgan fingerprint density at radius 3 is 2.65 bits per heavy atom. The molecule has 0 fully saturated rings. The number of hydrogen-bond acceptors (Lipinski definition) is 9. The van der Waals surface area contributed by atoms with Crippen LogP contribution in [0.1, 0.15) is 33.7 Å². The van der Waals surface area contributed by atoms with E-state index in [9.17, 15) is 4.79 Å². The van der Waals surface area contributed by atoms with E-state index in [4.69, 9.17) is 10.5 Å². The van der Waals surface area contributed by atoms with Gasteiger partial charge in [0.1, 0.15) is 21.3 Å². The number of nitrogens with zero attached hydrogens (tertiary/aromatic N) is 4. The zero-order chi connectivity index (χ0) is 22.0. The molecule has 0 spiro atoms. The highest BCUT2D eigenvalue weighted by Gasteiger charge is 2.20. The van der Waals surface area contributed by atoms with E-state index in [1.165, 1.54) is 23.1 Å². The van der Waals surface area contributed by atoms with Crippen LogP contribution in [-0.4, -0.2) is 32.5 Å². The highest BCUT2D eigenvalue weighted by atomic mass is 32.2. The predicted octanol–water partition coefficient (Wildman–Crippen LogP) is 4.82. The van der Waals surface area contributed by atoms with Crippen molar-refractivity contribution in [2.75, 3.05) is 12.3 Å². The lowest BCUT2D eigenvalue weighted by atomic mass is 10.1. The van der Waals surface area contributed by atoms with Crippen molar-refractivity contribution in [3.63, 3.8) is 0 Å². The number of rotatable bonds is 6. The SMILES string of the molecule is CCOC(=O)c1sc2nc(CSc3nc(C)cc(-c4ccccc4)n3)nc(N)c2c1C. The van der Waals surface area contributed by atoms with Crippen molar-refractivity contribution < 1.29 is 9.53 Å². The molecule has 31 heavy (non-hydrogen) atoms. The van der Waals surface area contributed by atoms with Gasteiger partial charge in [-0.1, -0.05) is 42.1 Å². The second-order valence-corrected chi connectivity index (χ2v) is 8.76. The number of nitrogens with two attached hydrogens (primary N) is 1. The molecule has 1 aromatic carbocycles. The number of carbonyl (C=O) groups is 1. The number of aromatic nitrogens is 4. The quantitative estimate of drug-likeness (QED) is 0.253. The number of benzene rings is 1. The molecule has 0 saturated heterocycles. The van der Waals surface area contributed by atoms with E-state index < -0.39 is 0 Å². The fourth-order valence-electron chi connectivity index (χ4n) is 3.16. The summed E-state index contributed by atoms with van der Waals surface area (Å²) in [7, 11) is 0. The Morgan fingerprint density at radius 1 is 1.13 bits per heavy atom. The summed E-state index contributed by atoms with van der Waals surface area (Å²) in [5, 5.41) is 1.36. The minimum atomic E-state index is -0.361. The van der Waals surface area contributed by atoms with Crippen LogP contribution in [0, 0.1) is 13.8 Å². The fourth-order valence-corrected chi connectivity index (χ4v) is 5.02. The van der Waals surface area contributed by atoms with Gasteiger partial charge in [-0.2, -0.15) is 0 Å². The Labute approximate surface area is 188 Å². The molecule has 9 heteroatoms. The average molecular weight is 452 g/mol. The Balaban J connectivity index is 1.60. The van der Waals surface area contributed by atoms with Crippen molar-refractivity contribution in [2.45, 2.75) is 31.7 Å². The number of fused-ring (bicyclic) bond motifs is 1. The first kappa shape index (κ1) is 21.2. The number of thiophene rings is 1. The second kappa shape index (κ2) is 8.99. The number of ether oxygens (including phenoxy) is 1. The van der Waals surface area contributed by atoms with Crippen LogP contribution >= 0.6 is 23.1 Å². The predicted molar refractivity (Wildman–Crippen MR) is 124 cm³/mol. The van der Waals surface area contributed by atoms with Crippen LogP contribution < -0.4 is 5.73 Å². The van der Waals surface area contributed by atoms with Crippen molar-refractivity contribution >= 4 is 45.1 Å². The van der Waals surface area contributed by atoms with Crippen molar-refractivity contribution in [1.29, 1.82) is 0 Å². The topological polar surface area (TPSA) is 104 Å². The molecule has 7 nitrogen and oxygen atoms in total. The standard InChI is InChI=1S/C22H21N5O2S2/c1-4-29-21(28)18-13(3)17-19(23)26-16(27-20(17)31-18)11-30-22-24-12(2)10-15(25-22)14-8-6-5-7-9-14/h5-10H,4,11H2,1-3H3,(H2,23,26,27). The maximum atomic E-state index is 12.2. The normalized spacial score (nSPS) is 11.1. The molecule has 3 heterocycles. The number of esters is 1. The van der Waals surface area contributed by atoms with Gasteiger partial charge < -0.3 is 10.5 Å². The van der Waals surface area contributed by atoms with Gasteiger partial charge in [-0.25, -0.2) is 24.7 Å². The molecule has 4 aromatic rings. The van der Waals surface area contributed by atoms with E-state index in [0.717, 1.165) is 22.5 Å². The molecule has 0 amide bonds. The molecule has 0 unspecified atom stereocenters. The zero-order valence-electron chi connectivity index (χ0n) is 17.4. The number of aryl methyl sites for hydroxylation is 2. The molecular weight excluding hydrogens is 430 g/mol. The molecular formula is C22H21N5O2S2. The first-order valence-corrected chi connectivity index (χ1v) is 11.5. The number of carbonyl (C=O) groups excluding carboxylic acids is 1. The molecule has 0 aliphatic rings. The Bertz CT molecular complexity index is 1260. The highest BCUT2D eigenvalue weighted by molar-refractivity contribution is 7.98. The average Bonchev–Trinajstić information content (AvgIpc) is 3.09. The van der Waals surface area contributed by atoms with Crippen LogP contribution in [0.25, 0.3) is 21.5 Å². The van der Waals surface area contributed by atoms with Gasteiger partial charge in [0.05, 0.1) is 23.4 Å². The van der Waals surface area contributed by atoms with E-state index in [0.29, 0.717) is 44.3 Å². The number of nitrogen functional groups attached to an aromatic ring is 1. The van der Waals surface area contributed by atoms with Crippen LogP contribution in [0.3, 0.4) is 0 Å². The lowest BCUT2D eigenvalue weighted by Gasteiger charge is -2.06. The van der Waals surface area contributed by atoms with E-state index in [-0.39, 0.29) is 5.97 Å². The molecule has 0 aliphatic heterocycles. The van der Waals surface area contributed by atoms with Crippen LogP contribution in [-0.2, 0) is 10.5 Å². The van der Waals surface area contributed by atoms with Gasteiger partial charge >= 0.3 is 5.97 Å². The molecule has 0 saturated carbocycles. The van der Waals surface area contributed by atoms with Crippen molar-refractivity contribution in [3.05, 3.63) is 58.4 Å². The molecule has 0 atom stereocenters. The van der Waals surface area contributed by atoms with E-state index in [2.05, 4.69) is 19.9 Å². The largest absolute Gasteiger partial charge is 0.462 e. The maximum Gasteiger partial charge on any atom is 0.348 e. The third-order valence-electron chi connectivity index (χ3n) is 4.56. The first-order valence-electron chi connectivity index (χ1n) is 9.72. The van der Waals surface area contributed by atoms with Gasteiger partial charge in [0, 0.05) is 11.3 Å². The maximum absolute atomic E-state index is 12.2.